The van der Waals surface area contributed by atoms with Crippen LogP contribution >= 0.6 is 90.4 Å². The van der Waals surface area contributed by atoms with E-state index in [1.807, 2.05) is 0 Å². The van der Waals surface area contributed by atoms with Crippen LogP contribution in [0.15, 0.2) is 6.07 Å². The highest BCUT2D eigenvalue weighted by molar-refractivity contribution is 14.1. The molecule has 0 aliphatic heterocycles. The maximum absolute atomic E-state index is 12.0. The summed E-state index contributed by atoms with van der Waals surface area (Å²) in [6, 6.07) is 1.76. The zero-order valence-electron chi connectivity index (χ0n) is 9.08. The van der Waals surface area contributed by atoms with E-state index in [9.17, 15) is 13.2 Å². The second-order valence-corrected chi connectivity index (χ2v) is 9.36. The molecule has 0 aliphatic carbocycles. The SMILES string of the molecule is O=C(NCCS(=O)(=O)O)c1cc(I)c(I)c(I)c1I. The van der Waals surface area contributed by atoms with Gasteiger partial charge in [-0.05, 0) is 96.4 Å². The molecule has 2 N–H and O–H groups in total. The minimum Gasteiger partial charge on any atom is -0.351 e. The van der Waals surface area contributed by atoms with Crippen molar-refractivity contribution < 1.29 is 17.8 Å². The van der Waals surface area contributed by atoms with Gasteiger partial charge in [0.1, 0.15) is 0 Å². The van der Waals surface area contributed by atoms with E-state index in [0.29, 0.717) is 5.56 Å². The van der Waals surface area contributed by atoms with Crippen LogP contribution in [-0.2, 0) is 10.1 Å². The highest BCUT2D eigenvalue weighted by atomic mass is 127. The highest BCUT2D eigenvalue weighted by Crippen LogP contribution is 2.28. The van der Waals surface area contributed by atoms with Crippen LogP contribution in [0.3, 0.4) is 0 Å². The second kappa shape index (κ2) is 7.68. The molecule has 0 spiro atoms. The van der Waals surface area contributed by atoms with Crippen LogP contribution in [0.4, 0.5) is 0 Å². The Morgan fingerprint density at radius 1 is 1.16 bits per heavy atom. The summed E-state index contributed by atoms with van der Waals surface area (Å²) in [5.74, 6) is -0.839. The first-order valence-corrected chi connectivity index (χ1v) is 10.6. The molecule has 0 unspecified atom stereocenters. The van der Waals surface area contributed by atoms with E-state index >= 15 is 0 Å². The molecule has 0 saturated heterocycles. The fraction of sp³-hybridized carbons (Fsp3) is 0.222. The molecule has 0 fully saturated rings. The number of carbonyl (C=O) groups excluding carboxylic acids is 1. The molecule has 0 aliphatic rings. The first-order valence-electron chi connectivity index (χ1n) is 4.70. The van der Waals surface area contributed by atoms with E-state index < -0.39 is 15.9 Å². The fourth-order valence-corrected chi connectivity index (χ4v) is 4.78. The van der Waals surface area contributed by atoms with Crippen molar-refractivity contribution in [2.45, 2.75) is 0 Å². The number of nitrogens with one attached hydrogen (secondary N) is 1. The van der Waals surface area contributed by atoms with E-state index in [1.165, 1.54) is 0 Å². The molecule has 0 bridgehead atoms. The lowest BCUT2D eigenvalue weighted by molar-refractivity contribution is 0.0955. The molecule has 1 amide bonds. The van der Waals surface area contributed by atoms with E-state index in [0.717, 1.165) is 14.3 Å². The maximum Gasteiger partial charge on any atom is 0.266 e. The van der Waals surface area contributed by atoms with Gasteiger partial charge in [-0.1, -0.05) is 0 Å². The third kappa shape index (κ3) is 5.67. The van der Waals surface area contributed by atoms with Crippen molar-refractivity contribution in [2.75, 3.05) is 12.3 Å². The minimum atomic E-state index is -4.06. The van der Waals surface area contributed by atoms with Crippen molar-refractivity contribution in [3.8, 4) is 0 Å². The summed E-state index contributed by atoms with van der Waals surface area (Å²) >= 11 is 8.61. The van der Waals surface area contributed by atoms with Crippen LogP contribution in [0.2, 0.25) is 0 Å². The summed E-state index contributed by atoms with van der Waals surface area (Å²) in [5, 5.41) is 2.48. The summed E-state index contributed by atoms with van der Waals surface area (Å²) in [4.78, 5) is 12.0. The molecule has 0 aromatic heterocycles. The first-order chi connectivity index (χ1) is 8.63. The van der Waals surface area contributed by atoms with Crippen molar-refractivity contribution in [3.05, 3.63) is 25.9 Å². The number of hydrogen-bond donors (Lipinski definition) is 2. The monoisotopic (exact) mass is 733 g/mol. The third-order valence-corrected chi connectivity index (χ3v) is 9.98. The second-order valence-electron chi connectivity index (χ2n) is 3.39. The molecular weight excluding hydrogens is 726 g/mol. The number of halogens is 4. The summed E-state index contributed by atoms with van der Waals surface area (Å²) < 4.78 is 33.6. The lowest BCUT2D eigenvalue weighted by atomic mass is 10.2. The van der Waals surface area contributed by atoms with Gasteiger partial charge in [0.05, 0.1) is 11.3 Å². The minimum absolute atomic E-state index is 0.118. The summed E-state index contributed by atoms with van der Waals surface area (Å²) in [7, 11) is -4.06. The zero-order valence-corrected chi connectivity index (χ0v) is 18.5. The molecule has 0 radical (unpaired) electrons. The molecule has 19 heavy (non-hydrogen) atoms. The van der Waals surface area contributed by atoms with Crippen LogP contribution < -0.4 is 5.32 Å². The topological polar surface area (TPSA) is 83.5 Å². The Labute approximate surface area is 165 Å². The van der Waals surface area contributed by atoms with Gasteiger partial charge in [0.15, 0.2) is 0 Å². The van der Waals surface area contributed by atoms with Crippen LogP contribution in [0, 0.1) is 14.3 Å². The Kier molecular flexibility index (Phi) is 7.51. The molecular formula is C9H7I4NO4S. The Morgan fingerprint density at radius 3 is 2.26 bits per heavy atom. The molecule has 1 aromatic rings. The van der Waals surface area contributed by atoms with Gasteiger partial charge < -0.3 is 5.32 Å². The maximum atomic E-state index is 12.0. The predicted molar refractivity (Wildman–Crippen MR) is 106 cm³/mol. The molecule has 0 heterocycles. The van der Waals surface area contributed by atoms with Gasteiger partial charge in [-0.15, -0.1) is 0 Å². The molecule has 5 nitrogen and oxygen atoms in total. The Hall–Kier alpha value is 1.52. The van der Waals surface area contributed by atoms with Crippen LogP contribution in [0.25, 0.3) is 0 Å². The Balaban J connectivity index is 2.89. The fourth-order valence-electron chi connectivity index (χ4n) is 1.13. The van der Waals surface area contributed by atoms with E-state index in [-0.39, 0.29) is 12.5 Å². The number of amides is 1. The van der Waals surface area contributed by atoms with Gasteiger partial charge in [0, 0.05) is 20.8 Å². The normalized spacial score (nSPS) is 11.4. The van der Waals surface area contributed by atoms with Crippen LogP contribution in [-0.4, -0.2) is 31.2 Å². The largest absolute Gasteiger partial charge is 0.351 e. The summed E-state index contributed by atoms with van der Waals surface area (Å²) in [6.45, 7) is -0.118. The quantitative estimate of drug-likeness (QED) is 0.216. The van der Waals surface area contributed by atoms with E-state index in [1.54, 1.807) is 6.07 Å². The standard InChI is InChI=1S/C9H7I4NO4S/c10-5-3-4(6(11)8(13)7(5)12)9(15)14-1-2-19(16,17)18/h3H,1-2H2,(H,14,15)(H,16,17,18). The molecule has 0 atom stereocenters. The number of hydrogen-bond acceptors (Lipinski definition) is 3. The molecule has 1 aromatic carbocycles. The van der Waals surface area contributed by atoms with Crippen molar-refractivity contribution >= 4 is 106 Å². The van der Waals surface area contributed by atoms with Gasteiger partial charge in [0.25, 0.3) is 16.0 Å². The number of rotatable bonds is 4. The summed E-state index contributed by atoms with van der Waals surface area (Å²) in [6.07, 6.45) is 0. The Bertz CT molecular complexity index is 617. The smallest absolute Gasteiger partial charge is 0.266 e. The third-order valence-electron chi connectivity index (χ3n) is 1.99. The van der Waals surface area contributed by atoms with Gasteiger partial charge in [0.2, 0.25) is 0 Å². The van der Waals surface area contributed by atoms with Crippen molar-refractivity contribution in [1.29, 1.82) is 0 Å². The average Bonchev–Trinajstić information content (AvgIpc) is 2.29. The van der Waals surface area contributed by atoms with E-state index in [4.69, 9.17) is 4.55 Å². The van der Waals surface area contributed by atoms with E-state index in [2.05, 4.69) is 95.7 Å². The predicted octanol–water partition coefficient (Wildman–Crippen LogP) is 2.72. The lowest BCUT2D eigenvalue weighted by Gasteiger charge is -2.10. The molecule has 0 saturated carbocycles. The summed E-state index contributed by atoms with van der Waals surface area (Å²) in [5.41, 5.74) is 0.505. The van der Waals surface area contributed by atoms with Crippen molar-refractivity contribution in [2.24, 2.45) is 0 Å². The zero-order chi connectivity index (χ0) is 14.8. The molecule has 106 valence electrons. The van der Waals surface area contributed by atoms with Crippen LogP contribution in [0.1, 0.15) is 10.4 Å². The average molecular weight is 733 g/mol. The highest BCUT2D eigenvalue weighted by Gasteiger charge is 2.17. The van der Waals surface area contributed by atoms with Gasteiger partial charge in [-0.2, -0.15) is 8.42 Å². The number of carbonyl (C=O) groups is 1. The molecule has 10 heteroatoms. The lowest BCUT2D eigenvalue weighted by Crippen LogP contribution is -2.29. The Morgan fingerprint density at radius 2 is 1.74 bits per heavy atom. The molecule has 1 rings (SSSR count). The van der Waals surface area contributed by atoms with Crippen molar-refractivity contribution in [3.63, 3.8) is 0 Å². The van der Waals surface area contributed by atoms with Gasteiger partial charge >= 0.3 is 0 Å². The number of benzene rings is 1. The van der Waals surface area contributed by atoms with Gasteiger partial charge in [-0.3, -0.25) is 9.35 Å². The first kappa shape index (κ1) is 18.6. The van der Waals surface area contributed by atoms with Gasteiger partial charge in [-0.25, -0.2) is 0 Å². The van der Waals surface area contributed by atoms with Crippen molar-refractivity contribution in [1.82, 2.24) is 5.32 Å². The van der Waals surface area contributed by atoms with Crippen LogP contribution in [0.5, 0.6) is 0 Å².